The number of hydrogen-bond acceptors (Lipinski definition) is 5. The van der Waals surface area contributed by atoms with Crippen molar-refractivity contribution >= 4 is 5.91 Å². The zero-order chi connectivity index (χ0) is 19.9. The van der Waals surface area contributed by atoms with Crippen molar-refractivity contribution in [3.05, 3.63) is 72.8 Å². The number of rotatable bonds is 7. The van der Waals surface area contributed by atoms with Crippen molar-refractivity contribution in [2.45, 2.75) is 12.6 Å². The van der Waals surface area contributed by atoms with Crippen LogP contribution in [0.4, 0.5) is 0 Å². The number of nitrogens with zero attached hydrogens (tertiary/aromatic N) is 4. The minimum Gasteiger partial charge on any atom is -0.379 e. The average molecular weight is 391 g/mol. The van der Waals surface area contributed by atoms with E-state index in [0.717, 1.165) is 30.2 Å². The zero-order valence-corrected chi connectivity index (χ0v) is 16.3. The highest BCUT2D eigenvalue weighted by Crippen LogP contribution is 2.20. The van der Waals surface area contributed by atoms with Gasteiger partial charge in [0, 0.05) is 43.8 Å². The Labute approximate surface area is 170 Å². The maximum atomic E-state index is 12.7. The molecular formula is C22H25N5O2. The van der Waals surface area contributed by atoms with Crippen molar-refractivity contribution in [3.8, 4) is 11.4 Å². The van der Waals surface area contributed by atoms with Gasteiger partial charge >= 0.3 is 0 Å². The number of hydrogen-bond donors (Lipinski definition) is 1. The minimum absolute atomic E-state index is 0.0282. The van der Waals surface area contributed by atoms with Crippen LogP contribution < -0.4 is 5.32 Å². The van der Waals surface area contributed by atoms with E-state index in [-0.39, 0.29) is 18.5 Å². The van der Waals surface area contributed by atoms with Gasteiger partial charge in [-0.2, -0.15) is 0 Å². The van der Waals surface area contributed by atoms with Crippen molar-refractivity contribution in [2.24, 2.45) is 0 Å². The van der Waals surface area contributed by atoms with Crippen LogP contribution in [0.1, 0.15) is 11.7 Å². The lowest BCUT2D eigenvalue weighted by Crippen LogP contribution is -2.44. The smallest absolute Gasteiger partial charge is 0.240 e. The van der Waals surface area contributed by atoms with E-state index in [9.17, 15) is 4.79 Å². The van der Waals surface area contributed by atoms with Crippen LogP contribution in [0.15, 0.2) is 67.1 Å². The summed E-state index contributed by atoms with van der Waals surface area (Å²) in [5.41, 5.74) is 1.95. The Morgan fingerprint density at radius 1 is 1.03 bits per heavy atom. The summed E-state index contributed by atoms with van der Waals surface area (Å²) in [6, 6.07) is 15.8. The monoisotopic (exact) mass is 391 g/mol. The SMILES string of the molecule is O=C(Cn1ccnc1-c1ccccc1)NC[C@@H](c1ccccn1)N1CCOCC1. The highest BCUT2D eigenvalue weighted by Gasteiger charge is 2.24. The largest absolute Gasteiger partial charge is 0.379 e. The van der Waals surface area contributed by atoms with Crippen LogP contribution in [0.25, 0.3) is 11.4 Å². The summed E-state index contributed by atoms with van der Waals surface area (Å²) < 4.78 is 7.35. The van der Waals surface area contributed by atoms with Crippen molar-refractivity contribution < 1.29 is 9.53 Å². The molecule has 0 bridgehead atoms. The molecule has 0 unspecified atom stereocenters. The Bertz CT molecular complexity index is 907. The van der Waals surface area contributed by atoms with Gasteiger partial charge in [0.2, 0.25) is 5.91 Å². The van der Waals surface area contributed by atoms with Crippen LogP contribution in [-0.4, -0.2) is 58.2 Å². The number of aromatic nitrogens is 3. The Balaban J connectivity index is 1.42. The summed E-state index contributed by atoms with van der Waals surface area (Å²) >= 11 is 0. The second-order valence-corrected chi connectivity index (χ2v) is 6.97. The molecule has 2 aromatic heterocycles. The molecule has 1 atom stereocenters. The molecule has 1 aromatic carbocycles. The molecule has 1 amide bonds. The van der Waals surface area contributed by atoms with Crippen LogP contribution in [0.3, 0.4) is 0 Å². The van der Waals surface area contributed by atoms with Crippen LogP contribution in [-0.2, 0) is 16.1 Å². The summed E-state index contributed by atoms with van der Waals surface area (Å²) in [4.78, 5) is 23.9. The molecule has 7 nitrogen and oxygen atoms in total. The number of imidazole rings is 1. The lowest BCUT2D eigenvalue weighted by molar-refractivity contribution is -0.122. The summed E-state index contributed by atoms with van der Waals surface area (Å²) in [6.45, 7) is 3.79. The molecule has 1 saturated heterocycles. The fourth-order valence-corrected chi connectivity index (χ4v) is 3.59. The Kier molecular flexibility index (Phi) is 6.29. The molecule has 1 fully saturated rings. The van der Waals surface area contributed by atoms with Gasteiger partial charge in [0.1, 0.15) is 12.4 Å². The first kappa shape index (κ1) is 19.3. The molecule has 1 aliphatic rings. The molecule has 0 saturated carbocycles. The molecule has 150 valence electrons. The van der Waals surface area contributed by atoms with Gasteiger partial charge in [0.05, 0.1) is 24.9 Å². The van der Waals surface area contributed by atoms with Gasteiger partial charge in [0.15, 0.2) is 0 Å². The summed E-state index contributed by atoms with van der Waals surface area (Å²) in [5, 5.41) is 3.09. The number of ether oxygens (including phenoxy) is 1. The molecule has 0 spiro atoms. The fraction of sp³-hybridized carbons (Fsp3) is 0.318. The standard InChI is InChI=1S/C22H25N5O2/c28-21(17-27-11-10-24-22(27)18-6-2-1-3-7-18)25-16-20(19-8-4-5-9-23-19)26-12-14-29-15-13-26/h1-11,20H,12-17H2,(H,25,28)/t20-/m0/s1. The minimum atomic E-state index is -0.0469. The van der Waals surface area contributed by atoms with Gasteiger partial charge < -0.3 is 14.6 Å². The predicted octanol–water partition coefficient (Wildman–Crippen LogP) is 2.13. The van der Waals surface area contributed by atoms with Crippen LogP contribution in [0, 0.1) is 0 Å². The third-order valence-corrected chi connectivity index (χ3v) is 5.07. The van der Waals surface area contributed by atoms with Gasteiger partial charge in [0.25, 0.3) is 0 Å². The van der Waals surface area contributed by atoms with E-state index in [2.05, 4.69) is 20.2 Å². The fourth-order valence-electron chi connectivity index (χ4n) is 3.59. The average Bonchev–Trinajstić information content (AvgIpc) is 3.24. The molecular weight excluding hydrogens is 366 g/mol. The molecule has 1 aliphatic heterocycles. The first-order valence-corrected chi connectivity index (χ1v) is 9.87. The molecule has 29 heavy (non-hydrogen) atoms. The molecule has 0 aliphatic carbocycles. The van der Waals surface area contributed by atoms with E-state index >= 15 is 0 Å². The molecule has 4 rings (SSSR count). The van der Waals surface area contributed by atoms with Crippen LogP contribution in [0.2, 0.25) is 0 Å². The number of carbonyl (C=O) groups is 1. The number of morpholine rings is 1. The van der Waals surface area contributed by atoms with Gasteiger partial charge in [-0.05, 0) is 12.1 Å². The summed E-state index contributed by atoms with van der Waals surface area (Å²) in [5.74, 6) is 0.740. The number of carbonyl (C=O) groups excluding carboxylic acids is 1. The Hall–Kier alpha value is -3.03. The summed E-state index contributed by atoms with van der Waals surface area (Å²) in [6.07, 6.45) is 5.35. The lowest BCUT2D eigenvalue weighted by atomic mass is 10.1. The van der Waals surface area contributed by atoms with E-state index in [0.29, 0.717) is 19.8 Å². The van der Waals surface area contributed by atoms with Crippen molar-refractivity contribution in [1.29, 1.82) is 0 Å². The topological polar surface area (TPSA) is 72.3 Å². The normalized spacial score (nSPS) is 15.7. The maximum Gasteiger partial charge on any atom is 0.240 e. The first-order valence-electron chi connectivity index (χ1n) is 9.87. The van der Waals surface area contributed by atoms with E-state index in [4.69, 9.17) is 4.74 Å². The van der Waals surface area contributed by atoms with Crippen LogP contribution in [0.5, 0.6) is 0 Å². The third-order valence-electron chi connectivity index (χ3n) is 5.07. The highest BCUT2D eigenvalue weighted by atomic mass is 16.5. The third kappa shape index (κ3) is 4.88. The predicted molar refractivity (Wildman–Crippen MR) is 110 cm³/mol. The number of nitrogens with one attached hydrogen (secondary N) is 1. The first-order chi connectivity index (χ1) is 14.3. The van der Waals surface area contributed by atoms with Gasteiger partial charge in [-0.25, -0.2) is 4.98 Å². The molecule has 0 radical (unpaired) electrons. The van der Waals surface area contributed by atoms with Gasteiger partial charge in [-0.1, -0.05) is 36.4 Å². The second-order valence-electron chi connectivity index (χ2n) is 6.97. The van der Waals surface area contributed by atoms with Crippen molar-refractivity contribution in [3.63, 3.8) is 0 Å². The van der Waals surface area contributed by atoms with E-state index in [1.807, 2.05) is 59.3 Å². The lowest BCUT2D eigenvalue weighted by Gasteiger charge is -2.34. The molecule has 1 N–H and O–H groups in total. The zero-order valence-electron chi connectivity index (χ0n) is 16.3. The van der Waals surface area contributed by atoms with Crippen LogP contribution >= 0.6 is 0 Å². The molecule has 7 heteroatoms. The Morgan fingerprint density at radius 2 is 1.83 bits per heavy atom. The quantitative estimate of drug-likeness (QED) is 0.668. The number of pyridine rings is 1. The highest BCUT2D eigenvalue weighted by molar-refractivity contribution is 5.76. The number of benzene rings is 1. The van der Waals surface area contributed by atoms with E-state index in [1.54, 1.807) is 12.4 Å². The molecule has 3 heterocycles. The van der Waals surface area contributed by atoms with E-state index < -0.39 is 0 Å². The molecule has 3 aromatic rings. The van der Waals surface area contributed by atoms with Gasteiger partial charge in [-0.15, -0.1) is 0 Å². The summed E-state index contributed by atoms with van der Waals surface area (Å²) in [7, 11) is 0. The Morgan fingerprint density at radius 3 is 2.59 bits per heavy atom. The number of amides is 1. The van der Waals surface area contributed by atoms with Crippen molar-refractivity contribution in [1.82, 2.24) is 24.8 Å². The maximum absolute atomic E-state index is 12.7. The van der Waals surface area contributed by atoms with Crippen molar-refractivity contribution in [2.75, 3.05) is 32.8 Å². The second kappa shape index (κ2) is 9.45. The van der Waals surface area contributed by atoms with E-state index in [1.165, 1.54) is 0 Å². The van der Waals surface area contributed by atoms with Gasteiger partial charge in [-0.3, -0.25) is 14.7 Å².